The standard InChI is InChI=1S/C16H17NO5/c18-15(13-7-8-14(22-13)16(19)20)17-9-3-1-2-5-11(17)12-6-4-10-21-12/h4,6-8,10-11H,1-3,5,9H2,(H,19,20)/t11-/m1/s1. The van der Waals surface area contributed by atoms with Gasteiger partial charge in [0.25, 0.3) is 5.91 Å². The van der Waals surface area contributed by atoms with Crippen LogP contribution in [-0.2, 0) is 0 Å². The van der Waals surface area contributed by atoms with Gasteiger partial charge in [-0.1, -0.05) is 12.8 Å². The minimum atomic E-state index is -1.18. The lowest BCUT2D eigenvalue weighted by atomic mass is 10.1. The van der Waals surface area contributed by atoms with Crippen LogP contribution in [0.3, 0.4) is 0 Å². The van der Waals surface area contributed by atoms with E-state index >= 15 is 0 Å². The molecule has 0 saturated carbocycles. The van der Waals surface area contributed by atoms with Crippen molar-refractivity contribution >= 4 is 11.9 Å². The van der Waals surface area contributed by atoms with E-state index in [0.29, 0.717) is 6.54 Å². The van der Waals surface area contributed by atoms with Crippen molar-refractivity contribution in [3.05, 3.63) is 47.8 Å². The van der Waals surface area contributed by atoms with Crippen molar-refractivity contribution in [2.24, 2.45) is 0 Å². The van der Waals surface area contributed by atoms with E-state index < -0.39 is 5.97 Å². The number of carboxylic acids is 1. The van der Waals surface area contributed by atoms with Gasteiger partial charge in [-0.2, -0.15) is 0 Å². The van der Waals surface area contributed by atoms with Gasteiger partial charge in [0.1, 0.15) is 5.76 Å². The van der Waals surface area contributed by atoms with Crippen LogP contribution in [0.4, 0.5) is 0 Å². The average molecular weight is 303 g/mol. The zero-order valence-electron chi connectivity index (χ0n) is 12.0. The molecule has 116 valence electrons. The molecule has 2 aromatic rings. The zero-order valence-corrected chi connectivity index (χ0v) is 12.0. The third-order valence-corrected chi connectivity index (χ3v) is 3.91. The third-order valence-electron chi connectivity index (χ3n) is 3.91. The first-order valence-corrected chi connectivity index (χ1v) is 7.34. The molecule has 6 heteroatoms. The Hall–Kier alpha value is -2.50. The van der Waals surface area contributed by atoms with Crippen LogP contribution in [0.15, 0.2) is 39.4 Å². The molecule has 2 aromatic heterocycles. The molecule has 1 aliphatic heterocycles. The number of likely N-dealkylation sites (tertiary alicyclic amines) is 1. The van der Waals surface area contributed by atoms with Gasteiger partial charge in [0, 0.05) is 6.54 Å². The Kier molecular flexibility index (Phi) is 4.00. The number of nitrogens with zero attached hydrogens (tertiary/aromatic N) is 1. The van der Waals surface area contributed by atoms with Crippen molar-refractivity contribution in [3.8, 4) is 0 Å². The zero-order chi connectivity index (χ0) is 15.5. The topological polar surface area (TPSA) is 83.9 Å². The molecule has 1 atom stereocenters. The molecule has 6 nitrogen and oxygen atoms in total. The maximum Gasteiger partial charge on any atom is 0.371 e. The van der Waals surface area contributed by atoms with Gasteiger partial charge in [-0.15, -0.1) is 0 Å². The average Bonchev–Trinajstić information content (AvgIpc) is 3.14. The first-order valence-electron chi connectivity index (χ1n) is 7.34. The van der Waals surface area contributed by atoms with Crippen molar-refractivity contribution in [3.63, 3.8) is 0 Å². The monoisotopic (exact) mass is 303 g/mol. The van der Waals surface area contributed by atoms with Crippen LogP contribution in [0.5, 0.6) is 0 Å². The van der Waals surface area contributed by atoms with Gasteiger partial charge < -0.3 is 18.8 Å². The summed E-state index contributed by atoms with van der Waals surface area (Å²) in [6.45, 7) is 0.604. The fraction of sp³-hybridized carbons (Fsp3) is 0.375. The lowest BCUT2D eigenvalue weighted by Crippen LogP contribution is -2.34. The molecule has 22 heavy (non-hydrogen) atoms. The Morgan fingerprint density at radius 2 is 1.95 bits per heavy atom. The molecule has 0 unspecified atom stereocenters. The van der Waals surface area contributed by atoms with E-state index in [-0.39, 0.29) is 23.5 Å². The van der Waals surface area contributed by atoms with Gasteiger partial charge in [0.2, 0.25) is 5.76 Å². The second-order valence-corrected chi connectivity index (χ2v) is 5.35. The lowest BCUT2D eigenvalue weighted by molar-refractivity contribution is 0.0607. The van der Waals surface area contributed by atoms with E-state index in [0.717, 1.165) is 31.4 Å². The van der Waals surface area contributed by atoms with Crippen LogP contribution in [0.25, 0.3) is 0 Å². The number of furan rings is 2. The van der Waals surface area contributed by atoms with Gasteiger partial charge in [-0.3, -0.25) is 4.79 Å². The number of amides is 1. The molecule has 0 aliphatic carbocycles. The smallest absolute Gasteiger partial charge is 0.371 e. The molecular weight excluding hydrogens is 286 g/mol. The van der Waals surface area contributed by atoms with Crippen LogP contribution >= 0.6 is 0 Å². The van der Waals surface area contributed by atoms with Gasteiger partial charge in [-0.25, -0.2) is 4.79 Å². The van der Waals surface area contributed by atoms with Crippen LogP contribution in [-0.4, -0.2) is 28.4 Å². The fourth-order valence-corrected chi connectivity index (χ4v) is 2.84. The van der Waals surface area contributed by atoms with Crippen molar-refractivity contribution < 1.29 is 23.5 Å². The van der Waals surface area contributed by atoms with E-state index in [1.165, 1.54) is 12.1 Å². The Morgan fingerprint density at radius 3 is 2.64 bits per heavy atom. The normalized spacial score (nSPS) is 18.9. The fourth-order valence-electron chi connectivity index (χ4n) is 2.84. The summed E-state index contributed by atoms with van der Waals surface area (Å²) in [5, 5.41) is 8.90. The van der Waals surface area contributed by atoms with Crippen molar-refractivity contribution in [2.45, 2.75) is 31.7 Å². The van der Waals surface area contributed by atoms with Gasteiger partial charge in [0.05, 0.1) is 12.3 Å². The number of carbonyl (C=O) groups is 2. The summed E-state index contributed by atoms with van der Waals surface area (Å²) >= 11 is 0. The molecule has 0 radical (unpaired) electrons. The highest BCUT2D eigenvalue weighted by Gasteiger charge is 2.31. The number of hydrogen-bond donors (Lipinski definition) is 1. The predicted molar refractivity (Wildman–Crippen MR) is 76.6 cm³/mol. The Balaban J connectivity index is 1.88. The largest absolute Gasteiger partial charge is 0.475 e. The summed E-state index contributed by atoms with van der Waals surface area (Å²) in [6, 6.07) is 6.24. The first-order chi connectivity index (χ1) is 10.7. The molecule has 1 N–H and O–H groups in total. The Morgan fingerprint density at radius 1 is 1.14 bits per heavy atom. The van der Waals surface area contributed by atoms with Crippen LogP contribution in [0.1, 0.15) is 58.6 Å². The summed E-state index contributed by atoms with van der Waals surface area (Å²) < 4.78 is 10.6. The van der Waals surface area contributed by atoms with E-state index in [9.17, 15) is 9.59 Å². The van der Waals surface area contributed by atoms with E-state index in [4.69, 9.17) is 13.9 Å². The van der Waals surface area contributed by atoms with E-state index in [1.807, 2.05) is 6.07 Å². The van der Waals surface area contributed by atoms with Gasteiger partial charge >= 0.3 is 5.97 Å². The minimum Gasteiger partial charge on any atom is -0.475 e. The SMILES string of the molecule is O=C(O)c1ccc(C(=O)N2CCCCC[C@@H]2c2ccco2)o1. The van der Waals surface area contributed by atoms with Gasteiger partial charge in [0.15, 0.2) is 5.76 Å². The van der Waals surface area contributed by atoms with E-state index in [1.54, 1.807) is 17.2 Å². The number of rotatable bonds is 3. The summed E-state index contributed by atoms with van der Waals surface area (Å²) in [5.74, 6) is -0.905. The second-order valence-electron chi connectivity index (χ2n) is 5.35. The van der Waals surface area contributed by atoms with Crippen LogP contribution in [0.2, 0.25) is 0 Å². The summed E-state index contributed by atoms with van der Waals surface area (Å²) in [5.41, 5.74) is 0. The number of hydrogen-bond acceptors (Lipinski definition) is 4. The van der Waals surface area contributed by atoms with Crippen LogP contribution in [0, 0.1) is 0 Å². The molecule has 1 saturated heterocycles. The second kappa shape index (κ2) is 6.09. The molecule has 1 amide bonds. The van der Waals surface area contributed by atoms with E-state index in [2.05, 4.69) is 0 Å². The van der Waals surface area contributed by atoms with Crippen molar-refractivity contribution in [1.29, 1.82) is 0 Å². The maximum atomic E-state index is 12.7. The summed E-state index contributed by atoms with van der Waals surface area (Å²) in [4.78, 5) is 25.3. The lowest BCUT2D eigenvalue weighted by Gasteiger charge is -2.27. The highest BCUT2D eigenvalue weighted by molar-refractivity contribution is 5.93. The molecule has 3 rings (SSSR count). The molecule has 1 aliphatic rings. The van der Waals surface area contributed by atoms with Gasteiger partial charge in [-0.05, 0) is 37.1 Å². The number of carboxylic acid groups (broad SMARTS) is 1. The Bertz CT molecular complexity index is 658. The predicted octanol–water partition coefficient (Wildman–Crippen LogP) is 3.33. The van der Waals surface area contributed by atoms with Crippen molar-refractivity contribution in [1.82, 2.24) is 4.90 Å². The number of aromatic carboxylic acids is 1. The summed E-state index contributed by atoms with van der Waals surface area (Å²) in [7, 11) is 0. The highest BCUT2D eigenvalue weighted by atomic mass is 16.4. The first kappa shape index (κ1) is 14.4. The molecule has 0 bridgehead atoms. The maximum absolute atomic E-state index is 12.7. The molecule has 1 fully saturated rings. The highest BCUT2D eigenvalue weighted by Crippen LogP contribution is 2.31. The Labute approximate surface area is 127 Å². The number of carbonyl (C=O) groups excluding carboxylic acids is 1. The third kappa shape index (κ3) is 2.77. The molecule has 0 aromatic carbocycles. The molecular formula is C16H17NO5. The minimum absolute atomic E-state index is 0.0517. The quantitative estimate of drug-likeness (QED) is 0.940. The molecule has 3 heterocycles. The van der Waals surface area contributed by atoms with Crippen LogP contribution < -0.4 is 0 Å². The molecule has 0 spiro atoms. The summed E-state index contributed by atoms with van der Waals surface area (Å²) in [6.07, 6.45) is 5.41. The van der Waals surface area contributed by atoms with Crippen molar-refractivity contribution in [2.75, 3.05) is 6.54 Å².